The lowest BCUT2D eigenvalue weighted by atomic mass is 9.75. The molecule has 0 aliphatic rings. The van der Waals surface area contributed by atoms with E-state index in [1.54, 1.807) is 0 Å². The van der Waals surface area contributed by atoms with Crippen molar-refractivity contribution in [1.29, 1.82) is 0 Å². The molecule has 0 fully saturated rings. The summed E-state index contributed by atoms with van der Waals surface area (Å²) in [5.74, 6) is 0.452. The second-order valence-electron chi connectivity index (χ2n) is 7.61. The van der Waals surface area contributed by atoms with Crippen molar-refractivity contribution >= 4 is 0 Å². The molecule has 0 radical (unpaired) electrons. The standard InChI is InChI=1S/C21H34O/c1-7-8-14-20(19(15-17(2)3)21(4,5)6)22-16-18-12-10-9-11-13-18/h9-13,15,19-20H,7-8,14,16H2,1-6H3/t19-,20+/m1/s1. The zero-order valence-corrected chi connectivity index (χ0v) is 15.4. The van der Waals surface area contributed by atoms with E-state index in [9.17, 15) is 0 Å². The number of hydrogen-bond donors (Lipinski definition) is 0. The summed E-state index contributed by atoms with van der Waals surface area (Å²) in [7, 11) is 0. The Balaban J connectivity index is 2.86. The summed E-state index contributed by atoms with van der Waals surface area (Å²) in [6.45, 7) is 14.3. The van der Waals surface area contributed by atoms with Crippen LogP contribution in [0.3, 0.4) is 0 Å². The Labute approximate surface area is 137 Å². The fourth-order valence-electron chi connectivity index (χ4n) is 2.82. The second kappa shape index (κ2) is 9.15. The Bertz CT molecular complexity index is 435. The molecule has 0 saturated heterocycles. The first-order valence-electron chi connectivity index (χ1n) is 8.65. The first-order chi connectivity index (χ1) is 10.3. The van der Waals surface area contributed by atoms with Crippen molar-refractivity contribution in [2.75, 3.05) is 0 Å². The maximum absolute atomic E-state index is 6.38. The molecule has 0 N–H and O–H groups in total. The van der Waals surface area contributed by atoms with Gasteiger partial charge in [0.05, 0.1) is 12.7 Å². The highest BCUT2D eigenvalue weighted by Gasteiger charge is 2.30. The summed E-state index contributed by atoms with van der Waals surface area (Å²) in [4.78, 5) is 0. The molecule has 1 aromatic rings. The Hall–Kier alpha value is -1.08. The van der Waals surface area contributed by atoms with E-state index in [-0.39, 0.29) is 11.5 Å². The van der Waals surface area contributed by atoms with Gasteiger partial charge in [0, 0.05) is 5.92 Å². The topological polar surface area (TPSA) is 9.23 Å². The molecule has 0 saturated carbocycles. The highest BCUT2D eigenvalue weighted by atomic mass is 16.5. The summed E-state index contributed by atoms with van der Waals surface area (Å²) in [5.41, 5.74) is 2.85. The van der Waals surface area contributed by atoms with E-state index >= 15 is 0 Å². The molecule has 0 unspecified atom stereocenters. The van der Waals surface area contributed by atoms with Gasteiger partial charge in [-0.3, -0.25) is 0 Å². The van der Waals surface area contributed by atoms with Crippen LogP contribution in [0, 0.1) is 11.3 Å². The summed E-state index contributed by atoms with van der Waals surface area (Å²) in [6, 6.07) is 10.5. The van der Waals surface area contributed by atoms with Gasteiger partial charge in [0.25, 0.3) is 0 Å². The number of hydrogen-bond acceptors (Lipinski definition) is 1. The summed E-state index contributed by atoms with van der Waals surface area (Å²) in [6.07, 6.45) is 6.27. The van der Waals surface area contributed by atoms with Crippen LogP contribution in [0.4, 0.5) is 0 Å². The van der Waals surface area contributed by atoms with Crippen LogP contribution < -0.4 is 0 Å². The van der Waals surface area contributed by atoms with E-state index in [0.717, 1.165) is 6.42 Å². The van der Waals surface area contributed by atoms with Gasteiger partial charge in [0.1, 0.15) is 0 Å². The highest BCUT2D eigenvalue weighted by molar-refractivity contribution is 5.13. The molecule has 1 rings (SSSR count). The molecule has 22 heavy (non-hydrogen) atoms. The summed E-state index contributed by atoms with van der Waals surface area (Å²) >= 11 is 0. The van der Waals surface area contributed by atoms with Crippen molar-refractivity contribution in [2.24, 2.45) is 11.3 Å². The first-order valence-corrected chi connectivity index (χ1v) is 8.65. The smallest absolute Gasteiger partial charge is 0.0720 e. The Morgan fingerprint density at radius 1 is 1.14 bits per heavy atom. The zero-order chi connectivity index (χ0) is 16.6. The van der Waals surface area contributed by atoms with Crippen molar-refractivity contribution in [1.82, 2.24) is 0 Å². The van der Waals surface area contributed by atoms with Gasteiger partial charge in [-0.1, -0.05) is 82.5 Å². The molecule has 124 valence electrons. The summed E-state index contributed by atoms with van der Waals surface area (Å²) < 4.78 is 6.38. The lowest BCUT2D eigenvalue weighted by molar-refractivity contribution is -0.0223. The Morgan fingerprint density at radius 3 is 2.27 bits per heavy atom. The fourth-order valence-corrected chi connectivity index (χ4v) is 2.82. The van der Waals surface area contributed by atoms with Crippen LogP contribution in [0.15, 0.2) is 42.0 Å². The minimum absolute atomic E-state index is 0.215. The molecule has 0 amide bonds. The third-order valence-electron chi connectivity index (χ3n) is 4.06. The van der Waals surface area contributed by atoms with Crippen LogP contribution in [-0.2, 0) is 11.3 Å². The van der Waals surface area contributed by atoms with Crippen molar-refractivity contribution in [3.05, 3.63) is 47.5 Å². The Kier molecular flexibility index (Phi) is 7.89. The molecular weight excluding hydrogens is 268 g/mol. The monoisotopic (exact) mass is 302 g/mol. The van der Waals surface area contributed by atoms with E-state index in [0.29, 0.717) is 12.5 Å². The molecular formula is C21H34O. The normalized spacial score (nSPS) is 14.5. The van der Waals surface area contributed by atoms with Crippen molar-refractivity contribution in [3.63, 3.8) is 0 Å². The number of benzene rings is 1. The molecule has 0 bridgehead atoms. The van der Waals surface area contributed by atoms with Crippen molar-refractivity contribution in [3.8, 4) is 0 Å². The van der Waals surface area contributed by atoms with E-state index < -0.39 is 0 Å². The largest absolute Gasteiger partial charge is 0.373 e. The van der Waals surface area contributed by atoms with E-state index in [1.165, 1.54) is 24.0 Å². The molecule has 1 aromatic carbocycles. The second-order valence-corrected chi connectivity index (χ2v) is 7.61. The lowest BCUT2D eigenvalue weighted by Crippen LogP contribution is -2.33. The maximum atomic E-state index is 6.38. The lowest BCUT2D eigenvalue weighted by Gasteiger charge is -2.35. The zero-order valence-electron chi connectivity index (χ0n) is 15.4. The number of allylic oxidation sites excluding steroid dienone is 1. The first kappa shape index (κ1) is 19.0. The van der Waals surface area contributed by atoms with E-state index in [4.69, 9.17) is 4.74 Å². The fraction of sp³-hybridized carbons (Fsp3) is 0.619. The van der Waals surface area contributed by atoms with Crippen LogP contribution in [0.25, 0.3) is 0 Å². The molecule has 1 heteroatoms. The van der Waals surface area contributed by atoms with Crippen LogP contribution in [0.2, 0.25) is 0 Å². The van der Waals surface area contributed by atoms with E-state index in [2.05, 4.69) is 78.0 Å². The van der Waals surface area contributed by atoms with Crippen molar-refractivity contribution in [2.45, 2.75) is 73.5 Å². The molecule has 1 nitrogen and oxygen atoms in total. The van der Waals surface area contributed by atoms with Gasteiger partial charge in [0.15, 0.2) is 0 Å². The predicted molar refractivity (Wildman–Crippen MR) is 96.9 cm³/mol. The van der Waals surface area contributed by atoms with Gasteiger partial charge in [-0.2, -0.15) is 0 Å². The molecule has 0 aliphatic carbocycles. The highest BCUT2D eigenvalue weighted by Crippen LogP contribution is 2.34. The van der Waals surface area contributed by atoms with Gasteiger partial charge in [-0.25, -0.2) is 0 Å². The number of rotatable bonds is 8. The maximum Gasteiger partial charge on any atom is 0.0720 e. The molecule has 0 aliphatic heterocycles. The van der Waals surface area contributed by atoms with Crippen LogP contribution in [-0.4, -0.2) is 6.10 Å². The Morgan fingerprint density at radius 2 is 1.77 bits per heavy atom. The SMILES string of the molecule is CCCC[C@H](OCc1ccccc1)[C@@H](C=C(C)C)C(C)(C)C. The van der Waals surface area contributed by atoms with Gasteiger partial charge in [0.2, 0.25) is 0 Å². The van der Waals surface area contributed by atoms with Crippen LogP contribution >= 0.6 is 0 Å². The van der Waals surface area contributed by atoms with Crippen LogP contribution in [0.5, 0.6) is 0 Å². The third-order valence-corrected chi connectivity index (χ3v) is 4.06. The average molecular weight is 303 g/mol. The number of ether oxygens (including phenoxy) is 1. The number of unbranched alkanes of at least 4 members (excludes halogenated alkanes) is 1. The molecule has 2 atom stereocenters. The van der Waals surface area contributed by atoms with Crippen molar-refractivity contribution < 1.29 is 4.74 Å². The van der Waals surface area contributed by atoms with E-state index in [1.807, 2.05) is 0 Å². The average Bonchev–Trinajstić information content (AvgIpc) is 2.45. The molecule has 0 aromatic heterocycles. The predicted octanol–water partition coefficient (Wildman–Crippen LogP) is 6.39. The summed E-state index contributed by atoms with van der Waals surface area (Å²) in [5, 5.41) is 0. The molecule has 0 heterocycles. The van der Waals surface area contributed by atoms with Crippen LogP contribution in [0.1, 0.15) is 66.4 Å². The third kappa shape index (κ3) is 6.79. The van der Waals surface area contributed by atoms with Gasteiger partial charge >= 0.3 is 0 Å². The minimum atomic E-state index is 0.215. The quantitative estimate of drug-likeness (QED) is 0.505. The minimum Gasteiger partial charge on any atom is -0.373 e. The van der Waals surface area contributed by atoms with Gasteiger partial charge < -0.3 is 4.74 Å². The van der Waals surface area contributed by atoms with Gasteiger partial charge in [-0.15, -0.1) is 0 Å². The molecule has 0 spiro atoms. The van der Waals surface area contributed by atoms with Gasteiger partial charge in [-0.05, 0) is 31.2 Å².